The summed E-state index contributed by atoms with van der Waals surface area (Å²) in [7, 11) is 0. The predicted molar refractivity (Wildman–Crippen MR) is 121 cm³/mol. The highest BCUT2D eigenvalue weighted by molar-refractivity contribution is 5.45. The van der Waals surface area contributed by atoms with Crippen molar-refractivity contribution in [2.45, 2.75) is 11.2 Å². The van der Waals surface area contributed by atoms with Crippen LogP contribution >= 0.6 is 0 Å². The first-order chi connectivity index (χ1) is 14.6. The van der Waals surface area contributed by atoms with Crippen LogP contribution in [0.1, 0.15) is 22.3 Å². The smallest absolute Gasteiger partial charge is 0.133 e. The van der Waals surface area contributed by atoms with E-state index in [1.165, 1.54) is 0 Å². The lowest BCUT2D eigenvalue weighted by atomic mass is 9.81. The average molecular weight is 392 g/mol. The van der Waals surface area contributed by atoms with Crippen LogP contribution < -0.4 is 0 Å². The van der Waals surface area contributed by atoms with Crippen LogP contribution in [0.15, 0.2) is 133 Å². The minimum Gasteiger partial charge on any atom is -0.377 e. The van der Waals surface area contributed by atoms with E-state index in [4.69, 9.17) is 0 Å². The van der Waals surface area contributed by atoms with Gasteiger partial charge in [0.1, 0.15) is 11.2 Å². The number of aliphatic hydroxyl groups is 2. The van der Waals surface area contributed by atoms with E-state index in [1.54, 1.807) is 12.2 Å². The Morgan fingerprint density at radius 1 is 0.367 bits per heavy atom. The minimum atomic E-state index is -1.39. The average Bonchev–Trinajstić information content (AvgIpc) is 2.84. The zero-order valence-corrected chi connectivity index (χ0v) is 16.6. The summed E-state index contributed by atoms with van der Waals surface area (Å²) in [6, 6.07) is 38.0. The van der Waals surface area contributed by atoms with Gasteiger partial charge in [0.25, 0.3) is 0 Å². The molecule has 0 bridgehead atoms. The van der Waals surface area contributed by atoms with E-state index in [9.17, 15) is 10.2 Å². The number of hydrogen-bond acceptors (Lipinski definition) is 2. The van der Waals surface area contributed by atoms with Gasteiger partial charge in [0.05, 0.1) is 0 Å². The largest absolute Gasteiger partial charge is 0.377 e. The molecule has 2 nitrogen and oxygen atoms in total. The number of hydrogen-bond donors (Lipinski definition) is 2. The van der Waals surface area contributed by atoms with Crippen molar-refractivity contribution in [1.82, 2.24) is 0 Å². The Morgan fingerprint density at radius 3 is 0.767 bits per heavy atom. The van der Waals surface area contributed by atoms with E-state index in [-0.39, 0.29) is 0 Å². The van der Waals surface area contributed by atoms with Gasteiger partial charge < -0.3 is 10.2 Å². The molecule has 0 radical (unpaired) electrons. The van der Waals surface area contributed by atoms with Gasteiger partial charge in [-0.15, -0.1) is 0 Å². The third-order valence-corrected chi connectivity index (χ3v) is 5.42. The maximum atomic E-state index is 11.8. The van der Waals surface area contributed by atoms with Crippen molar-refractivity contribution < 1.29 is 10.2 Å². The number of benzene rings is 4. The molecule has 0 saturated carbocycles. The van der Waals surface area contributed by atoms with Gasteiger partial charge in [0, 0.05) is 0 Å². The van der Waals surface area contributed by atoms with Gasteiger partial charge in [-0.2, -0.15) is 0 Å². The van der Waals surface area contributed by atoms with Crippen molar-refractivity contribution in [3.05, 3.63) is 156 Å². The number of rotatable bonds is 6. The van der Waals surface area contributed by atoms with Gasteiger partial charge in [-0.25, -0.2) is 0 Å². The van der Waals surface area contributed by atoms with Crippen molar-refractivity contribution >= 4 is 0 Å². The van der Waals surface area contributed by atoms with Gasteiger partial charge in [-0.3, -0.25) is 0 Å². The van der Waals surface area contributed by atoms with Gasteiger partial charge in [0.15, 0.2) is 0 Å². The molecule has 4 aromatic rings. The quantitative estimate of drug-likeness (QED) is 0.431. The molecule has 30 heavy (non-hydrogen) atoms. The lowest BCUT2D eigenvalue weighted by Gasteiger charge is -2.30. The summed E-state index contributed by atoms with van der Waals surface area (Å²) in [5.74, 6) is 0. The minimum absolute atomic E-state index is 0.732. The third-order valence-electron chi connectivity index (χ3n) is 5.42. The first-order valence-electron chi connectivity index (χ1n) is 10.0. The Kier molecular flexibility index (Phi) is 5.62. The molecule has 4 rings (SSSR count). The SMILES string of the molecule is OC(C=CC(O)(c1ccccc1)c1ccccc1)(c1ccccc1)c1ccccc1. The molecular weight excluding hydrogens is 368 g/mol. The maximum absolute atomic E-state index is 11.8. The second-order valence-electron chi connectivity index (χ2n) is 7.33. The summed E-state index contributed by atoms with van der Waals surface area (Å²) in [4.78, 5) is 0. The first-order valence-corrected chi connectivity index (χ1v) is 10.0. The second-order valence-corrected chi connectivity index (χ2v) is 7.33. The molecule has 0 aliphatic heterocycles. The van der Waals surface area contributed by atoms with E-state index < -0.39 is 11.2 Å². The van der Waals surface area contributed by atoms with E-state index in [2.05, 4.69) is 0 Å². The molecule has 0 spiro atoms. The highest BCUT2D eigenvalue weighted by Crippen LogP contribution is 2.36. The summed E-state index contributed by atoms with van der Waals surface area (Å²) in [5.41, 5.74) is 0.152. The van der Waals surface area contributed by atoms with Crippen molar-refractivity contribution in [3.8, 4) is 0 Å². The molecule has 0 amide bonds. The molecule has 0 fully saturated rings. The van der Waals surface area contributed by atoms with E-state index in [1.807, 2.05) is 121 Å². The molecule has 4 aromatic carbocycles. The van der Waals surface area contributed by atoms with Crippen LogP contribution in [0.3, 0.4) is 0 Å². The Bertz CT molecular complexity index is 918. The zero-order valence-electron chi connectivity index (χ0n) is 16.6. The van der Waals surface area contributed by atoms with E-state index in [0.717, 1.165) is 22.3 Å². The first kappa shape index (κ1) is 19.8. The van der Waals surface area contributed by atoms with Crippen LogP contribution in [0.25, 0.3) is 0 Å². The predicted octanol–water partition coefficient (Wildman–Crippen LogP) is 5.41. The van der Waals surface area contributed by atoms with Crippen LogP contribution in [0, 0.1) is 0 Å². The topological polar surface area (TPSA) is 40.5 Å². The Labute approximate surface area is 177 Å². The summed E-state index contributed by atoms with van der Waals surface area (Å²) in [5, 5.41) is 23.6. The fourth-order valence-corrected chi connectivity index (χ4v) is 3.73. The molecule has 148 valence electrons. The molecule has 0 heterocycles. The van der Waals surface area contributed by atoms with Gasteiger partial charge >= 0.3 is 0 Å². The molecule has 0 unspecified atom stereocenters. The maximum Gasteiger partial charge on any atom is 0.133 e. The molecule has 0 atom stereocenters. The monoisotopic (exact) mass is 392 g/mol. The third kappa shape index (κ3) is 3.84. The molecule has 0 saturated heterocycles. The lowest BCUT2D eigenvalue weighted by Crippen LogP contribution is -2.29. The fourth-order valence-electron chi connectivity index (χ4n) is 3.73. The van der Waals surface area contributed by atoms with E-state index >= 15 is 0 Å². The highest BCUT2D eigenvalue weighted by atomic mass is 16.3. The molecule has 2 N–H and O–H groups in total. The summed E-state index contributed by atoms with van der Waals surface area (Å²) >= 11 is 0. The zero-order chi connectivity index (χ0) is 20.9. The van der Waals surface area contributed by atoms with Crippen molar-refractivity contribution in [3.63, 3.8) is 0 Å². The van der Waals surface area contributed by atoms with E-state index in [0.29, 0.717) is 0 Å². The van der Waals surface area contributed by atoms with Crippen LogP contribution in [-0.4, -0.2) is 10.2 Å². The van der Waals surface area contributed by atoms with Crippen molar-refractivity contribution in [2.24, 2.45) is 0 Å². The molecule has 0 aromatic heterocycles. The Morgan fingerprint density at radius 2 is 0.567 bits per heavy atom. The molecule has 0 aliphatic rings. The molecule has 2 heteroatoms. The van der Waals surface area contributed by atoms with Crippen LogP contribution in [0.4, 0.5) is 0 Å². The Balaban J connectivity index is 1.87. The molecule has 0 aliphatic carbocycles. The van der Waals surface area contributed by atoms with Crippen molar-refractivity contribution in [2.75, 3.05) is 0 Å². The summed E-state index contributed by atoms with van der Waals surface area (Å²) in [6.07, 6.45) is 3.38. The fraction of sp³-hybridized carbons (Fsp3) is 0.0714. The summed E-state index contributed by atoms with van der Waals surface area (Å²) < 4.78 is 0. The van der Waals surface area contributed by atoms with Gasteiger partial charge in [-0.05, 0) is 34.4 Å². The van der Waals surface area contributed by atoms with Crippen LogP contribution in [0.5, 0.6) is 0 Å². The van der Waals surface area contributed by atoms with Crippen molar-refractivity contribution in [1.29, 1.82) is 0 Å². The standard InChI is InChI=1S/C28H24O2/c29-27(23-13-5-1-6-14-23,24-15-7-2-8-16-24)21-22-28(30,25-17-9-3-10-18-25)26-19-11-4-12-20-26/h1-22,29-30H. The second kappa shape index (κ2) is 8.50. The van der Waals surface area contributed by atoms with Crippen LogP contribution in [0.2, 0.25) is 0 Å². The Hall–Kier alpha value is -3.46. The lowest BCUT2D eigenvalue weighted by molar-refractivity contribution is 0.116. The summed E-state index contributed by atoms with van der Waals surface area (Å²) in [6.45, 7) is 0. The van der Waals surface area contributed by atoms with Crippen LogP contribution in [-0.2, 0) is 11.2 Å². The van der Waals surface area contributed by atoms with Gasteiger partial charge in [-0.1, -0.05) is 121 Å². The highest BCUT2D eigenvalue weighted by Gasteiger charge is 2.33. The normalized spacial score (nSPS) is 12.2. The van der Waals surface area contributed by atoms with Gasteiger partial charge in [0.2, 0.25) is 0 Å². The molecular formula is C28H24O2.